The van der Waals surface area contributed by atoms with Crippen LogP contribution in [0.4, 0.5) is 10.1 Å². The lowest BCUT2D eigenvalue weighted by Crippen LogP contribution is -2.51. The maximum Gasteiger partial charge on any atom is 0.255 e. The van der Waals surface area contributed by atoms with Gasteiger partial charge in [-0.05, 0) is 66.9 Å². The molecule has 3 N–H and O–H groups in total. The van der Waals surface area contributed by atoms with E-state index in [2.05, 4.69) is 5.32 Å². The number of nitrogens with zero attached hydrogens (tertiary/aromatic N) is 1. The minimum Gasteiger partial charge on any atom is -0.454 e. The zero-order valence-electron chi connectivity index (χ0n) is 19.8. The fraction of sp³-hybridized carbons (Fsp3) is 0.286. The van der Waals surface area contributed by atoms with Crippen molar-refractivity contribution in [1.29, 1.82) is 0 Å². The molecule has 3 aromatic rings. The van der Waals surface area contributed by atoms with Crippen molar-refractivity contribution in [3.8, 4) is 11.5 Å². The van der Waals surface area contributed by atoms with Gasteiger partial charge >= 0.3 is 0 Å². The van der Waals surface area contributed by atoms with Crippen molar-refractivity contribution in [2.75, 3.05) is 12.1 Å². The van der Waals surface area contributed by atoms with Gasteiger partial charge in [-0.25, -0.2) is 4.39 Å². The number of nitrogens with one attached hydrogen (secondary N) is 1. The van der Waals surface area contributed by atoms with Crippen LogP contribution in [0.2, 0.25) is 0 Å². The Kier molecular flexibility index (Phi) is 6.86. The van der Waals surface area contributed by atoms with Crippen LogP contribution in [-0.2, 0) is 6.54 Å². The van der Waals surface area contributed by atoms with Crippen LogP contribution in [0, 0.1) is 5.82 Å². The molecular formula is C28H28FN3O4. The quantitative estimate of drug-likeness (QED) is 0.523. The first-order valence-corrected chi connectivity index (χ1v) is 12.1. The highest BCUT2D eigenvalue weighted by Crippen LogP contribution is 2.32. The largest absolute Gasteiger partial charge is 0.454 e. The molecule has 36 heavy (non-hydrogen) atoms. The molecule has 0 saturated heterocycles. The van der Waals surface area contributed by atoms with E-state index < -0.39 is 5.82 Å². The summed E-state index contributed by atoms with van der Waals surface area (Å²) in [6, 6.07) is 17.9. The molecule has 2 amide bonds. The van der Waals surface area contributed by atoms with E-state index in [1.807, 2.05) is 12.1 Å². The smallest absolute Gasteiger partial charge is 0.255 e. The van der Waals surface area contributed by atoms with Crippen LogP contribution >= 0.6 is 0 Å². The molecule has 2 unspecified atom stereocenters. The van der Waals surface area contributed by atoms with Gasteiger partial charge in [0.05, 0.1) is 0 Å². The number of hydrogen-bond acceptors (Lipinski definition) is 5. The second-order valence-corrected chi connectivity index (χ2v) is 9.18. The average Bonchev–Trinajstić information content (AvgIpc) is 3.36. The highest BCUT2D eigenvalue weighted by atomic mass is 19.1. The summed E-state index contributed by atoms with van der Waals surface area (Å²) in [7, 11) is 0. The van der Waals surface area contributed by atoms with Gasteiger partial charge in [-0.1, -0.05) is 31.0 Å². The zero-order valence-corrected chi connectivity index (χ0v) is 19.8. The SMILES string of the molecule is NC1CCCCC1N(Cc1ccc(NC(=O)c2ccc3c(c2)OCO3)cc1)C(=O)c1cccc(F)c1. The summed E-state index contributed by atoms with van der Waals surface area (Å²) in [5.41, 5.74) is 8.69. The van der Waals surface area contributed by atoms with E-state index >= 15 is 0 Å². The number of halogens is 1. The number of carbonyl (C=O) groups is 2. The van der Waals surface area contributed by atoms with Crippen LogP contribution < -0.4 is 20.5 Å². The number of amides is 2. The monoisotopic (exact) mass is 489 g/mol. The van der Waals surface area contributed by atoms with Crippen LogP contribution in [0.25, 0.3) is 0 Å². The molecule has 0 radical (unpaired) electrons. The average molecular weight is 490 g/mol. The minimum absolute atomic E-state index is 0.125. The molecule has 1 aliphatic heterocycles. The van der Waals surface area contributed by atoms with Gasteiger partial charge in [0.25, 0.3) is 11.8 Å². The third kappa shape index (κ3) is 5.18. The fourth-order valence-electron chi connectivity index (χ4n) is 4.79. The normalized spacial score (nSPS) is 18.5. The molecule has 8 heteroatoms. The molecule has 1 fully saturated rings. The Balaban J connectivity index is 1.31. The van der Waals surface area contributed by atoms with Crippen LogP contribution in [-0.4, -0.2) is 35.6 Å². The minimum atomic E-state index is -0.448. The van der Waals surface area contributed by atoms with Crippen LogP contribution in [0.3, 0.4) is 0 Å². The van der Waals surface area contributed by atoms with Gasteiger partial charge in [-0.3, -0.25) is 9.59 Å². The number of rotatable bonds is 6. The third-order valence-corrected chi connectivity index (χ3v) is 6.71. The van der Waals surface area contributed by atoms with E-state index in [4.69, 9.17) is 15.2 Å². The van der Waals surface area contributed by atoms with Crippen molar-refractivity contribution < 1.29 is 23.5 Å². The molecule has 7 nitrogen and oxygen atoms in total. The molecule has 0 bridgehead atoms. The van der Waals surface area contributed by atoms with E-state index in [0.717, 1.165) is 31.2 Å². The Morgan fingerprint density at radius 2 is 1.72 bits per heavy atom. The molecule has 3 aromatic carbocycles. The lowest BCUT2D eigenvalue weighted by Gasteiger charge is -2.38. The number of fused-ring (bicyclic) bond motifs is 1. The van der Waals surface area contributed by atoms with Crippen molar-refractivity contribution in [2.24, 2.45) is 5.73 Å². The van der Waals surface area contributed by atoms with Crippen molar-refractivity contribution in [3.05, 3.63) is 89.2 Å². The van der Waals surface area contributed by atoms with Crippen LogP contribution in [0.1, 0.15) is 52.0 Å². The molecule has 5 rings (SSSR count). The summed E-state index contributed by atoms with van der Waals surface area (Å²) < 4.78 is 24.5. The predicted octanol–water partition coefficient (Wildman–Crippen LogP) is 4.72. The van der Waals surface area contributed by atoms with Crippen molar-refractivity contribution in [2.45, 2.75) is 44.3 Å². The summed E-state index contributed by atoms with van der Waals surface area (Å²) in [6.45, 7) is 0.483. The molecule has 2 aliphatic rings. The van der Waals surface area contributed by atoms with Crippen LogP contribution in [0.15, 0.2) is 66.7 Å². The highest BCUT2D eigenvalue weighted by Gasteiger charge is 2.31. The lowest BCUT2D eigenvalue weighted by molar-refractivity contribution is 0.0583. The Hall–Kier alpha value is -3.91. The van der Waals surface area contributed by atoms with Gasteiger partial charge in [0, 0.05) is 35.4 Å². The number of nitrogens with two attached hydrogens (primary N) is 1. The number of benzene rings is 3. The molecule has 1 heterocycles. The predicted molar refractivity (Wildman–Crippen MR) is 133 cm³/mol. The molecule has 0 spiro atoms. The lowest BCUT2D eigenvalue weighted by atomic mass is 9.89. The first-order valence-electron chi connectivity index (χ1n) is 12.1. The number of carbonyl (C=O) groups excluding carboxylic acids is 2. The number of ether oxygens (including phenoxy) is 2. The zero-order chi connectivity index (χ0) is 25.1. The van der Waals surface area contributed by atoms with Crippen molar-refractivity contribution in [1.82, 2.24) is 4.90 Å². The van der Waals surface area contributed by atoms with Gasteiger partial charge in [0.2, 0.25) is 6.79 Å². The van der Waals surface area contributed by atoms with Crippen LogP contribution in [0.5, 0.6) is 11.5 Å². The Labute approximate surface area is 209 Å². The van der Waals surface area contributed by atoms with E-state index in [1.165, 1.54) is 12.1 Å². The van der Waals surface area contributed by atoms with Gasteiger partial charge < -0.3 is 25.4 Å². The van der Waals surface area contributed by atoms with Gasteiger partial charge in [0.15, 0.2) is 11.5 Å². The summed E-state index contributed by atoms with van der Waals surface area (Å²) in [4.78, 5) is 27.9. The molecule has 1 aliphatic carbocycles. The summed E-state index contributed by atoms with van der Waals surface area (Å²) in [5.74, 6) is 0.207. The fourth-order valence-corrected chi connectivity index (χ4v) is 4.79. The standard InChI is InChI=1S/C28H28FN3O4/c29-21-5-3-4-20(14-21)28(34)32(24-7-2-1-6-23(24)30)16-18-8-11-22(12-9-18)31-27(33)19-10-13-25-26(15-19)36-17-35-25/h3-5,8-15,23-24H,1-2,6-7,16-17,30H2,(H,31,33). The number of hydrogen-bond donors (Lipinski definition) is 2. The highest BCUT2D eigenvalue weighted by molar-refractivity contribution is 6.04. The summed E-state index contributed by atoms with van der Waals surface area (Å²) in [6.07, 6.45) is 3.70. The molecular weight excluding hydrogens is 461 g/mol. The Morgan fingerprint density at radius 3 is 2.50 bits per heavy atom. The van der Waals surface area contributed by atoms with E-state index in [0.29, 0.717) is 34.9 Å². The van der Waals surface area contributed by atoms with Crippen molar-refractivity contribution >= 4 is 17.5 Å². The summed E-state index contributed by atoms with van der Waals surface area (Å²) >= 11 is 0. The van der Waals surface area contributed by atoms with E-state index in [-0.39, 0.29) is 30.7 Å². The molecule has 0 aromatic heterocycles. The maximum absolute atomic E-state index is 13.8. The van der Waals surface area contributed by atoms with Gasteiger partial charge in [0.1, 0.15) is 5.82 Å². The van der Waals surface area contributed by atoms with E-state index in [9.17, 15) is 14.0 Å². The second-order valence-electron chi connectivity index (χ2n) is 9.18. The molecule has 2 atom stereocenters. The second kappa shape index (κ2) is 10.4. The summed E-state index contributed by atoms with van der Waals surface area (Å²) in [5, 5.41) is 2.88. The van der Waals surface area contributed by atoms with Gasteiger partial charge in [-0.15, -0.1) is 0 Å². The third-order valence-electron chi connectivity index (χ3n) is 6.71. The van der Waals surface area contributed by atoms with E-state index in [1.54, 1.807) is 47.4 Å². The Bertz CT molecular complexity index is 1260. The van der Waals surface area contributed by atoms with Crippen molar-refractivity contribution in [3.63, 3.8) is 0 Å². The van der Waals surface area contributed by atoms with Gasteiger partial charge in [-0.2, -0.15) is 0 Å². The number of anilines is 1. The Morgan fingerprint density at radius 1 is 0.944 bits per heavy atom. The topological polar surface area (TPSA) is 93.9 Å². The maximum atomic E-state index is 13.8. The molecule has 1 saturated carbocycles. The first-order chi connectivity index (χ1) is 17.5. The first kappa shape index (κ1) is 23.8. The molecule has 186 valence electrons.